The summed E-state index contributed by atoms with van der Waals surface area (Å²) >= 11 is 0. The Bertz CT molecular complexity index is 1390. The number of aliphatic hydroxyl groups is 2. The number of benzene rings is 1. The predicted octanol–water partition coefficient (Wildman–Crippen LogP) is 2.40. The van der Waals surface area contributed by atoms with Crippen molar-refractivity contribution in [2.45, 2.75) is 107 Å². The third-order valence-electron chi connectivity index (χ3n) is 10.2. The number of carbonyl (C=O) groups excluding carboxylic acids is 3. The molecule has 4 N–H and O–H groups in total. The lowest BCUT2D eigenvalue weighted by atomic mass is 9.88. The summed E-state index contributed by atoms with van der Waals surface area (Å²) in [5.74, 6) is -1.51. The van der Waals surface area contributed by atoms with Gasteiger partial charge in [-0.15, -0.1) is 0 Å². The number of nitrogens with one attached hydrogen (secondary N) is 2. The van der Waals surface area contributed by atoms with Crippen LogP contribution in [-0.2, 0) is 28.5 Å². The van der Waals surface area contributed by atoms with Gasteiger partial charge >= 0.3 is 5.97 Å². The van der Waals surface area contributed by atoms with E-state index < -0.39 is 54.0 Å². The second kappa shape index (κ2) is 12.8. The lowest BCUT2D eigenvalue weighted by Crippen LogP contribution is -2.54. The lowest BCUT2D eigenvalue weighted by Gasteiger charge is -2.31. The molecule has 7 rings (SSSR count). The van der Waals surface area contributed by atoms with E-state index in [0.717, 1.165) is 50.5 Å². The van der Waals surface area contributed by atoms with Gasteiger partial charge in [-0.1, -0.05) is 30.4 Å². The van der Waals surface area contributed by atoms with Gasteiger partial charge < -0.3 is 39.8 Å². The summed E-state index contributed by atoms with van der Waals surface area (Å²) in [6.07, 6.45) is 10.7. The van der Waals surface area contributed by atoms with Crippen molar-refractivity contribution in [3.05, 3.63) is 53.1 Å². The van der Waals surface area contributed by atoms with E-state index >= 15 is 0 Å². The molecule has 2 heterocycles. The van der Waals surface area contributed by atoms with Crippen LogP contribution in [0.3, 0.4) is 0 Å². The monoisotopic (exact) mass is 636 g/mol. The molecule has 2 saturated heterocycles. The van der Waals surface area contributed by atoms with Crippen molar-refractivity contribution < 1.29 is 43.5 Å². The molecule has 8 unspecified atom stereocenters. The number of hydrogen-bond acceptors (Lipinski definition) is 9. The molecule has 0 aromatic heterocycles. The van der Waals surface area contributed by atoms with Crippen LogP contribution in [-0.4, -0.2) is 89.6 Å². The number of epoxide rings is 1. The normalized spacial score (nSPS) is 32.5. The highest BCUT2D eigenvalue weighted by Gasteiger charge is 2.64. The largest absolute Gasteiger partial charge is 0.456 e. The van der Waals surface area contributed by atoms with E-state index in [1.807, 2.05) is 18.2 Å². The number of rotatable bonds is 12. The van der Waals surface area contributed by atoms with Gasteiger partial charge in [-0.2, -0.15) is 0 Å². The van der Waals surface area contributed by atoms with Crippen LogP contribution in [0.15, 0.2) is 42.0 Å². The highest BCUT2D eigenvalue weighted by Crippen LogP contribution is 2.59. The number of ether oxygens (including phenoxy) is 4. The van der Waals surface area contributed by atoms with Crippen molar-refractivity contribution >= 4 is 23.9 Å². The molecule has 0 radical (unpaired) electrons. The minimum absolute atomic E-state index is 0.00921. The average Bonchev–Trinajstić information content (AvgIpc) is 3.91. The first-order valence-corrected chi connectivity index (χ1v) is 16.8. The van der Waals surface area contributed by atoms with E-state index in [1.54, 1.807) is 18.2 Å². The summed E-state index contributed by atoms with van der Waals surface area (Å²) in [5.41, 5.74) is 1.48. The maximum absolute atomic E-state index is 13.8. The minimum atomic E-state index is -1.24. The first-order chi connectivity index (χ1) is 22.3. The Hall–Kier alpha value is -3.09. The standard InChI is InChI=1S/C35H44N2O9/c1-19(39)30(33(41)36-14-15-38)37-32(40)22-17-28(31-29(18-22)45-35(46-31,23-9-10-23)24-11-12-24)44-34(42)25-5-3-2-4-21(25)8-6-20-7-13-26-27(16-20)43-26/h2-6,8,18-20,23-24,26-31,38-39H,7,9-17H2,1H3,(H,36,41)(H,37,40). The van der Waals surface area contributed by atoms with E-state index in [4.69, 9.17) is 24.1 Å². The third-order valence-corrected chi connectivity index (χ3v) is 10.2. The first kappa shape index (κ1) is 31.5. The smallest absolute Gasteiger partial charge is 0.339 e. The van der Waals surface area contributed by atoms with Crippen LogP contribution >= 0.6 is 0 Å². The fourth-order valence-electron chi connectivity index (χ4n) is 7.38. The maximum Gasteiger partial charge on any atom is 0.339 e. The number of hydrogen-bond donors (Lipinski definition) is 4. The summed E-state index contributed by atoms with van der Waals surface area (Å²) in [7, 11) is 0. The molecule has 8 atom stereocenters. The highest BCUT2D eigenvalue weighted by atomic mass is 16.8. The molecule has 2 amide bonds. The van der Waals surface area contributed by atoms with Gasteiger partial charge in [-0.25, -0.2) is 4.79 Å². The van der Waals surface area contributed by atoms with Crippen LogP contribution in [0.1, 0.15) is 74.2 Å². The fourth-order valence-corrected chi connectivity index (χ4v) is 7.38. The number of esters is 1. The molecule has 11 heteroatoms. The van der Waals surface area contributed by atoms with E-state index in [1.165, 1.54) is 6.92 Å². The lowest BCUT2D eigenvalue weighted by molar-refractivity contribution is -0.209. The second-order valence-electron chi connectivity index (χ2n) is 13.7. The molecular formula is C35H44N2O9. The van der Waals surface area contributed by atoms with Crippen LogP contribution in [0.2, 0.25) is 0 Å². The van der Waals surface area contributed by atoms with E-state index in [-0.39, 0.29) is 37.0 Å². The quantitative estimate of drug-likeness (QED) is 0.200. The zero-order valence-electron chi connectivity index (χ0n) is 26.1. The van der Waals surface area contributed by atoms with Gasteiger partial charge in [0.05, 0.1) is 30.5 Å². The molecule has 3 saturated carbocycles. The molecule has 46 heavy (non-hydrogen) atoms. The Balaban J connectivity index is 1.11. The molecule has 2 aliphatic heterocycles. The fraction of sp³-hybridized carbons (Fsp3) is 0.629. The third kappa shape index (κ3) is 6.53. The Labute approximate surface area is 268 Å². The topological polar surface area (TPSA) is 156 Å². The summed E-state index contributed by atoms with van der Waals surface area (Å²) in [6.45, 7) is 1.12. The molecule has 6 aliphatic rings. The summed E-state index contributed by atoms with van der Waals surface area (Å²) < 4.78 is 25.2. The van der Waals surface area contributed by atoms with Gasteiger partial charge in [0.15, 0.2) is 5.79 Å². The Kier molecular flexibility index (Phi) is 8.79. The Morgan fingerprint density at radius 1 is 1.07 bits per heavy atom. The van der Waals surface area contributed by atoms with Crippen molar-refractivity contribution in [2.24, 2.45) is 17.8 Å². The van der Waals surface area contributed by atoms with Crippen LogP contribution < -0.4 is 10.6 Å². The summed E-state index contributed by atoms with van der Waals surface area (Å²) in [6, 6.07) is 6.10. The SMILES string of the molecule is CC(O)C(NC(=O)C1=CC2OC(C3CC3)(C3CC3)OC2C(OC(=O)c2ccccc2C=CC2CCC3OC3C2)C1)C(=O)NCCO. The Morgan fingerprint density at radius 2 is 1.83 bits per heavy atom. The molecule has 248 valence electrons. The van der Waals surface area contributed by atoms with E-state index in [9.17, 15) is 19.5 Å². The van der Waals surface area contributed by atoms with Crippen molar-refractivity contribution in [1.82, 2.24) is 10.6 Å². The van der Waals surface area contributed by atoms with Crippen LogP contribution in [0.5, 0.6) is 0 Å². The average molecular weight is 637 g/mol. The maximum atomic E-state index is 13.8. The number of amides is 2. The minimum Gasteiger partial charge on any atom is -0.456 e. The van der Waals surface area contributed by atoms with Crippen LogP contribution in [0.25, 0.3) is 6.08 Å². The van der Waals surface area contributed by atoms with Crippen molar-refractivity contribution in [1.29, 1.82) is 0 Å². The molecule has 11 nitrogen and oxygen atoms in total. The van der Waals surface area contributed by atoms with Crippen molar-refractivity contribution in [3.63, 3.8) is 0 Å². The van der Waals surface area contributed by atoms with Gasteiger partial charge in [0.25, 0.3) is 0 Å². The Morgan fingerprint density at radius 3 is 2.52 bits per heavy atom. The zero-order chi connectivity index (χ0) is 32.0. The number of aliphatic hydroxyl groups excluding tert-OH is 2. The van der Waals surface area contributed by atoms with Gasteiger partial charge in [0.1, 0.15) is 24.4 Å². The molecule has 1 aromatic carbocycles. The molecule has 0 bridgehead atoms. The van der Waals surface area contributed by atoms with Crippen molar-refractivity contribution in [3.8, 4) is 0 Å². The van der Waals surface area contributed by atoms with Crippen LogP contribution in [0.4, 0.5) is 0 Å². The first-order valence-electron chi connectivity index (χ1n) is 16.8. The molecule has 5 fully saturated rings. The zero-order valence-corrected chi connectivity index (χ0v) is 26.1. The van der Waals surface area contributed by atoms with Crippen molar-refractivity contribution in [2.75, 3.05) is 13.2 Å². The summed E-state index contributed by atoms with van der Waals surface area (Å²) in [4.78, 5) is 40.0. The van der Waals surface area contributed by atoms with Gasteiger partial charge in [-0.05, 0) is 75.5 Å². The predicted molar refractivity (Wildman–Crippen MR) is 165 cm³/mol. The molecule has 4 aliphatic carbocycles. The highest BCUT2D eigenvalue weighted by molar-refractivity contribution is 5.98. The van der Waals surface area contributed by atoms with E-state index in [2.05, 4.69) is 16.7 Å². The molecule has 0 spiro atoms. The summed E-state index contributed by atoms with van der Waals surface area (Å²) in [5, 5.41) is 24.5. The molecule has 1 aromatic rings. The second-order valence-corrected chi connectivity index (χ2v) is 13.7. The number of fused-ring (bicyclic) bond motifs is 2. The van der Waals surface area contributed by atoms with Gasteiger partial charge in [0, 0.05) is 30.4 Å². The van der Waals surface area contributed by atoms with E-state index in [0.29, 0.717) is 23.7 Å². The van der Waals surface area contributed by atoms with Gasteiger partial charge in [-0.3, -0.25) is 9.59 Å². The van der Waals surface area contributed by atoms with Crippen LogP contribution in [0, 0.1) is 17.8 Å². The van der Waals surface area contributed by atoms with Gasteiger partial charge in [0.2, 0.25) is 11.8 Å². The molecular weight excluding hydrogens is 592 g/mol. The number of carbonyl (C=O) groups is 3. The number of allylic oxidation sites excluding steroid dienone is 1.